The molecule has 0 aromatic carbocycles. The summed E-state index contributed by atoms with van der Waals surface area (Å²) >= 11 is 1.51. The summed E-state index contributed by atoms with van der Waals surface area (Å²) in [6, 6.07) is 0. The molecule has 0 radical (unpaired) electrons. The summed E-state index contributed by atoms with van der Waals surface area (Å²) in [5.74, 6) is 0.297. The number of hydrogen-bond donors (Lipinski definition) is 0. The highest BCUT2D eigenvalue weighted by molar-refractivity contribution is 7.17. The first-order valence-electron chi connectivity index (χ1n) is 6.98. The molecule has 0 atom stereocenters. The van der Waals surface area contributed by atoms with Crippen LogP contribution in [-0.2, 0) is 4.74 Å². The van der Waals surface area contributed by atoms with E-state index in [4.69, 9.17) is 4.74 Å². The van der Waals surface area contributed by atoms with Crippen LogP contribution in [0.5, 0.6) is 0 Å². The van der Waals surface area contributed by atoms with Crippen molar-refractivity contribution in [2.24, 2.45) is 0 Å². The van der Waals surface area contributed by atoms with Gasteiger partial charge < -0.3 is 9.64 Å². The monoisotopic (exact) mass is 282 g/mol. The number of aromatic nitrogens is 1. The molecule has 0 N–H and O–H groups in total. The first kappa shape index (κ1) is 14.5. The van der Waals surface area contributed by atoms with E-state index in [1.54, 1.807) is 0 Å². The Morgan fingerprint density at radius 2 is 2.16 bits per heavy atom. The van der Waals surface area contributed by atoms with Gasteiger partial charge in [-0.1, -0.05) is 25.2 Å². The highest BCUT2D eigenvalue weighted by atomic mass is 32.1. The predicted molar refractivity (Wildman–Crippen MR) is 78.5 cm³/mol. The van der Waals surface area contributed by atoms with Crippen molar-refractivity contribution in [1.29, 1.82) is 0 Å². The molecule has 1 aliphatic heterocycles. The van der Waals surface area contributed by atoms with Gasteiger partial charge in [0.05, 0.1) is 16.7 Å². The predicted octanol–water partition coefficient (Wildman–Crippen LogP) is 3.08. The maximum absolute atomic E-state index is 11.1. The summed E-state index contributed by atoms with van der Waals surface area (Å²) in [7, 11) is 0. The number of piperidine rings is 1. The summed E-state index contributed by atoms with van der Waals surface area (Å²) in [6.45, 7) is 8.91. The van der Waals surface area contributed by atoms with Crippen molar-refractivity contribution in [1.82, 2.24) is 4.98 Å². The zero-order valence-electron chi connectivity index (χ0n) is 11.9. The Hall–Kier alpha value is -0.940. The molecule has 0 aliphatic carbocycles. The molecule has 19 heavy (non-hydrogen) atoms. The molecular weight excluding hydrogens is 260 g/mol. The quantitative estimate of drug-likeness (QED) is 0.778. The molecule has 1 aliphatic rings. The van der Waals surface area contributed by atoms with Crippen molar-refractivity contribution in [2.75, 3.05) is 24.6 Å². The maximum atomic E-state index is 11.1. The normalized spacial score (nSPS) is 17.2. The van der Waals surface area contributed by atoms with E-state index in [1.807, 2.05) is 6.92 Å². The van der Waals surface area contributed by atoms with Crippen LogP contribution >= 0.6 is 11.3 Å². The van der Waals surface area contributed by atoms with Crippen LogP contribution in [0.3, 0.4) is 0 Å². The highest BCUT2D eigenvalue weighted by Gasteiger charge is 2.23. The van der Waals surface area contributed by atoms with Gasteiger partial charge in [-0.05, 0) is 25.7 Å². The van der Waals surface area contributed by atoms with Gasteiger partial charge in [0.15, 0.2) is 11.4 Å². The minimum absolute atomic E-state index is 0.297. The van der Waals surface area contributed by atoms with E-state index in [-0.39, 0.29) is 0 Å². The number of carbonyl (C=O) groups excluding carboxylic acids is 1. The van der Waals surface area contributed by atoms with Crippen molar-refractivity contribution >= 4 is 22.8 Å². The molecule has 0 spiro atoms. The van der Waals surface area contributed by atoms with Crippen molar-refractivity contribution in [3.05, 3.63) is 10.6 Å². The minimum Gasteiger partial charge on any atom is -0.378 e. The Morgan fingerprint density at radius 3 is 2.63 bits per heavy atom. The molecule has 1 aromatic heterocycles. The fourth-order valence-electron chi connectivity index (χ4n) is 2.41. The Kier molecular flexibility index (Phi) is 4.93. The molecule has 0 saturated carbocycles. The van der Waals surface area contributed by atoms with E-state index in [0.29, 0.717) is 12.0 Å². The van der Waals surface area contributed by atoms with Gasteiger partial charge in [-0.3, -0.25) is 4.79 Å². The average Bonchev–Trinajstić information content (AvgIpc) is 2.84. The number of anilines is 1. The van der Waals surface area contributed by atoms with Crippen LogP contribution in [0.2, 0.25) is 0 Å². The van der Waals surface area contributed by atoms with Gasteiger partial charge in [0.25, 0.3) is 0 Å². The van der Waals surface area contributed by atoms with E-state index >= 15 is 0 Å². The number of ether oxygens (including phenoxy) is 1. The Balaban J connectivity index is 2.05. The standard InChI is InChI=1S/C14H22N2O2S/c1-4-18-11-5-7-16(8-6-11)14-15-13(10(2)3)12(9-17)19-14/h9-11H,4-8H2,1-3H3. The number of rotatable bonds is 5. The Bertz CT molecular complexity index is 423. The summed E-state index contributed by atoms with van der Waals surface area (Å²) < 4.78 is 5.66. The SMILES string of the molecule is CCOC1CCN(c2nc(C(C)C)c(C=O)s2)CC1. The lowest BCUT2D eigenvalue weighted by Gasteiger charge is -2.31. The molecule has 106 valence electrons. The van der Waals surface area contributed by atoms with E-state index in [9.17, 15) is 4.79 Å². The second kappa shape index (κ2) is 6.48. The molecule has 1 aromatic rings. The zero-order valence-corrected chi connectivity index (χ0v) is 12.7. The van der Waals surface area contributed by atoms with Gasteiger partial charge in [-0.2, -0.15) is 0 Å². The van der Waals surface area contributed by atoms with Crippen molar-refractivity contribution in [3.8, 4) is 0 Å². The molecule has 2 rings (SSSR count). The maximum Gasteiger partial charge on any atom is 0.186 e. The fraction of sp³-hybridized carbons (Fsp3) is 0.714. The average molecular weight is 282 g/mol. The second-order valence-corrected chi connectivity index (χ2v) is 6.17. The lowest BCUT2D eigenvalue weighted by molar-refractivity contribution is 0.0459. The summed E-state index contributed by atoms with van der Waals surface area (Å²) in [4.78, 5) is 18.8. The van der Waals surface area contributed by atoms with Gasteiger partial charge in [0, 0.05) is 19.7 Å². The molecular formula is C14H22N2O2S. The number of thiazole rings is 1. The van der Waals surface area contributed by atoms with Crippen LogP contribution in [-0.4, -0.2) is 37.1 Å². The van der Waals surface area contributed by atoms with Gasteiger partial charge in [0.1, 0.15) is 0 Å². The zero-order chi connectivity index (χ0) is 13.8. The van der Waals surface area contributed by atoms with E-state index in [1.165, 1.54) is 11.3 Å². The Morgan fingerprint density at radius 1 is 1.47 bits per heavy atom. The van der Waals surface area contributed by atoms with E-state index < -0.39 is 0 Å². The first-order valence-corrected chi connectivity index (χ1v) is 7.79. The van der Waals surface area contributed by atoms with Crippen molar-refractivity contribution < 1.29 is 9.53 Å². The molecule has 0 unspecified atom stereocenters. The van der Waals surface area contributed by atoms with Gasteiger partial charge in [-0.15, -0.1) is 0 Å². The van der Waals surface area contributed by atoms with Gasteiger partial charge in [-0.25, -0.2) is 4.98 Å². The second-order valence-electron chi connectivity index (χ2n) is 5.16. The van der Waals surface area contributed by atoms with Crippen molar-refractivity contribution in [2.45, 2.75) is 45.6 Å². The van der Waals surface area contributed by atoms with Crippen LogP contribution in [0.25, 0.3) is 0 Å². The largest absolute Gasteiger partial charge is 0.378 e. The summed E-state index contributed by atoms with van der Waals surface area (Å²) in [6.07, 6.45) is 3.40. The van der Waals surface area contributed by atoms with Crippen LogP contribution in [0.15, 0.2) is 0 Å². The highest BCUT2D eigenvalue weighted by Crippen LogP contribution is 2.31. The third-order valence-electron chi connectivity index (χ3n) is 3.44. The lowest BCUT2D eigenvalue weighted by atomic mass is 10.1. The number of hydrogen-bond acceptors (Lipinski definition) is 5. The first-order chi connectivity index (χ1) is 9.15. The summed E-state index contributed by atoms with van der Waals surface area (Å²) in [5, 5.41) is 0.987. The topological polar surface area (TPSA) is 42.4 Å². The van der Waals surface area contributed by atoms with Gasteiger partial charge in [0.2, 0.25) is 0 Å². The molecule has 5 heteroatoms. The third kappa shape index (κ3) is 3.34. The fourth-order valence-corrected chi connectivity index (χ4v) is 3.50. The smallest absolute Gasteiger partial charge is 0.186 e. The third-order valence-corrected chi connectivity index (χ3v) is 4.50. The van der Waals surface area contributed by atoms with Crippen molar-refractivity contribution in [3.63, 3.8) is 0 Å². The molecule has 1 fully saturated rings. The van der Waals surface area contributed by atoms with Crippen LogP contribution in [0.4, 0.5) is 5.13 Å². The van der Waals surface area contributed by atoms with Gasteiger partial charge >= 0.3 is 0 Å². The molecule has 1 saturated heterocycles. The lowest BCUT2D eigenvalue weighted by Crippen LogP contribution is -2.37. The van der Waals surface area contributed by atoms with E-state index in [0.717, 1.165) is 54.5 Å². The van der Waals surface area contributed by atoms with Crippen LogP contribution < -0.4 is 4.90 Å². The summed E-state index contributed by atoms with van der Waals surface area (Å²) in [5.41, 5.74) is 0.932. The molecule has 0 amide bonds. The number of nitrogens with zero attached hydrogens (tertiary/aromatic N) is 2. The number of aldehydes is 1. The number of carbonyl (C=O) groups is 1. The van der Waals surface area contributed by atoms with Crippen LogP contribution in [0.1, 0.15) is 54.9 Å². The molecule has 0 bridgehead atoms. The Labute approximate surface area is 118 Å². The molecule has 2 heterocycles. The van der Waals surface area contributed by atoms with E-state index in [2.05, 4.69) is 23.7 Å². The van der Waals surface area contributed by atoms with Crippen LogP contribution in [0, 0.1) is 0 Å². The molecule has 4 nitrogen and oxygen atoms in total. The minimum atomic E-state index is 0.297.